The minimum atomic E-state index is -0.797. The number of benzene rings is 1. The van der Waals surface area contributed by atoms with Crippen molar-refractivity contribution in [3.05, 3.63) is 38.9 Å². The number of nitro benzene ring substituents is 1. The maximum absolute atomic E-state index is 13.1. The third-order valence-electron chi connectivity index (χ3n) is 5.74. The summed E-state index contributed by atoms with van der Waals surface area (Å²) < 4.78 is 5.46. The number of nitrogens with zero attached hydrogens (tertiary/aromatic N) is 3. The van der Waals surface area contributed by atoms with Crippen LogP contribution in [-0.4, -0.2) is 77.4 Å². The van der Waals surface area contributed by atoms with Gasteiger partial charge in [0.25, 0.3) is 17.5 Å². The van der Waals surface area contributed by atoms with Crippen LogP contribution in [0.4, 0.5) is 5.69 Å². The molecule has 11 heteroatoms. The molecule has 3 amide bonds. The number of carbonyl (C=O) groups is 3. The van der Waals surface area contributed by atoms with Crippen LogP contribution < -0.4 is 5.32 Å². The number of rotatable bonds is 6. The molecule has 0 aliphatic carbocycles. The van der Waals surface area contributed by atoms with E-state index in [1.54, 1.807) is 9.80 Å². The molecule has 2 saturated heterocycles. The fourth-order valence-corrected chi connectivity index (χ4v) is 4.11. The molecule has 0 spiro atoms. The monoisotopic (exact) mass is 466 g/mol. The first kappa shape index (κ1) is 23.9. The quantitative estimate of drug-likeness (QED) is 0.504. The molecule has 0 saturated carbocycles. The highest BCUT2D eigenvalue weighted by atomic mass is 35.5. The first-order valence-electron chi connectivity index (χ1n) is 10.6. The minimum absolute atomic E-state index is 0.0314. The number of ether oxygens (including phenoxy) is 1. The summed E-state index contributed by atoms with van der Waals surface area (Å²) in [4.78, 5) is 52.0. The zero-order valence-corrected chi connectivity index (χ0v) is 18.8. The summed E-state index contributed by atoms with van der Waals surface area (Å²) >= 11 is 6.05. The molecule has 32 heavy (non-hydrogen) atoms. The summed E-state index contributed by atoms with van der Waals surface area (Å²) in [6.07, 6.45) is 1.22. The Morgan fingerprint density at radius 1 is 1.19 bits per heavy atom. The van der Waals surface area contributed by atoms with Crippen molar-refractivity contribution < 1.29 is 24.0 Å². The highest BCUT2D eigenvalue weighted by molar-refractivity contribution is 6.34. The van der Waals surface area contributed by atoms with Gasteiger partial charge in [-0.25, -0.2) is 0 Å². The largest absolute Gasteiger partial charge is 0.368 e. The molecule has 2 fully saturated rings. The number of hydrogen-bond acceptors (Lipinski definition) is 6. The Balaban J connectivity index is 1.62. The second kappa shape index (κ2) is 10.3. The van der Waals surface area contributed by atoms with Crippen molar-refractivity contribution >= 4 is 35.0 Å². The summed E-state index contributed by atoms with van der Waals surface area (Å²) in [5.74, 6) is -1.05. The van der Waals surface area contributed by atoms with Crippen LogP contribution in [0.2, 0.25) is 5.02 Å². The van der Waals surface area contributed by atoms with Gasteiger partial charge in [0.05, 0.1) is 15.5 Å². The lowest BCUT2D eigenvalue weighted by atomic mass is 10.0. The maximum Gasteiger partial charge on any atom is 0.270 e. The molecular formula is C21H27ClN4O6. The lowest BCUT2D eigenvalue weighted by Gasteiger charge is -2.38. The van der Waals surface area contributed by atoms with E-state index in [2.05, 4.69) is 5.32 Å². The van der Waals surface area contributed by atoms with Crippen molar-refractivity contribution in [2.45, 2.75) is 38.8 Å². The van der Waals surface area contributed by atoms with Gasteiger partial charge in [-0.05, 0) is 24.8 Å². The van der Waals surface area contributed by atoms with Crippen molar-refractivity contribution in [2.75, 3.05) is 32.8 Å². The van der Waals surface area contributed by atoms with Gasteiger partial charge >= 0.3 is 0 Å². The summed E-state index contributed by atoms with van der Waals surface area (Å²) in [7, 11) is 0. The maximum atomic E-state index is 13.1. The normalized spacial score (nSPS) is 19.7. The van der Waals surface area contributed by atoms with E-state index < -0.39 is 16.9 Å². The van der Waals surface area contributed by atoms with E-state index in [4.69, 9.17) is 16.3 Å². The highest BCUT2D eigenvalue weighted by Crippen LogP contribution is 2.23. The van der Waals surface area contributed by atoms with Crippen LogP contribution in [0.1, 0.15) is 37.0 Å². The van der Waals surface area contributed by atoms with Crippen molar-refractivity contribution in [1.29, 1.82) is 0 Å². The second-order valence-corrected chi connectivity index (χ2v) is 8.68. The predicted octanol–water partition coefficient (Wildman–Crippen LogP) is 1.85. The summed E-state index contributed by atoms with van der Waals surface area (Å²) in [6.45, 7) is 5.80. The van der Waals surface area contributed by atoms with Crippen LogP contribution in [0.15, 0.2) is 18.2 Å². The van der Waals surface area contributed by atoms with Crippen molar-refractivity contribution in [1.82, 2.24) is 15.1 Å². The van der Waals surface area contributed by atoms with E-state index >= 15 is 0 Å². The van der Waals surface area contributed by atoms with Gasteiger partial charge in [-0.2, -0.15) is 0 Å². The molecule has 2 unspecified atom stereocenters. The molecule has 0 radical (unpaired) electrons. The van der Waals surface area contributed by atoms with Gasteiger partial charge in [-0.3, -0.25) is 24.5 Å². The summed E-state index contributed by atoms with van der Waals surface area (Å²) in [5, 5.41) is 13.5. The van der Waals surface area contributed by atoms with Gasteiger partial charge < -0.3 is 19.9 Å². The SMILES string of the molecule is CC(C)C(NC(=O)c1ccc([N+](=O)[O-])cc1Cl)C(=O)N1CCN(C(=O)C2CCCO2)CC1. The van der Waals surface area contributed by atoms with E-state index in [0.717, 1.165) is 18.9 Å². The third kappa shape index (κ3) is 5.36. The van der Waals surface area contributed by atoms with Crippen LogP contribution in [0, 0.1) is 16.0 Å². The molecule has 2 heterocycles. The fourth-order valence-electron chi connectivity index (χ4n) is 3.85. The number of nitrogens with one attached hydrogen (secondary N) is 1. The lowest BCUT2D eigenvalue weighted by molar-refractivity contribution is -0.384. The van der Waals surface area contributed by atoms with Crippen LogP contribution in [0.25, 0.3) is 0 Å². The van der Waals surface area contributed by atoms with Crippen LogP contribution in [-0.2, 0) is 14.3 Å². The molecule has 1 N–H and O–H groups in total. The number of hydrogen-bond donors (Lipinski definition) is 1. The molecule has 0 aromatic heterocycles. The van der Waals surface area contributed by atoms with Gasteiger partial charge in [0, 0.05) is 44.9 Å². The Labute approximate surface area is 191 Å². The molecule has 1 aromatic carbocycles. The van der Waals surface area contributed by atoms with Gasteiger partial charge in [0.1, 0.15) is 12.1 Å². The van der Waals surface area contributed by atoms with E-state index in [9.17, 15) is 24.5 Å². The minimum Gasteiger partial charge on any atom is -0.368 e. The molecule has 174 valence electrons. The molecule has 2 aliphatic rings. The average molecular weight is 467 g/mol. The van der Waals surface area contributed by atoms with Crippen molar-refractivity contribution in [3.63, 3.8) is 0 Å². The van der Waals surface area contributed by atoms with E-state index in [0.29, 0.717) is 32.8 Å². The number of non-ortho nitro benzene ring substituents is 1. The molecule has 3 rings (SSSR count). The Morgan fingerprint density at radius 3 is 2.38 bits per heavy atom. The van der Waals surface area contributed by atoms with Crippen molar-refractivity contribution in [2.24, 2.45) is 5.92 Å². The third-order valence-corrected chi connectivity index (χ3v) is 6.05. The molecular weight excluding hydrogens is 440 g/mol. The lowest BCUT2D eigenvalue weighted by Crippen LogP contribution is -2.58. The van der Waals surface area contributed by atoms with E-state index in [1.165, 1.54) is 12.1 Å². The Bertz CT molecular complexity index is 894. The first-order valence-corrected chi connectivity index (χ1v) is 11.0. The Kier molecular flexibility index (Phi) is 7.68. The Hall–Kier alpha value is -2.72. The zero-order valence-electron chi connectivity index (χ0n) is 18.1. The standard InChI is InChI=1S/C21H27ClN4O6/c1-13(2)18(23-19(27)15-6-5-14(26(30)31)12-16(15)22)21(29)25-9-7-24(8-10-25)20(28)17-4-3-11-32-17/h5-6,12-13,17-18H,3-4,7-11H2,1-2H3,(H,23,27). The fraction of sp³-hybridized carbons (Fsp3) is 0.571. The van der Waals surface area contributed by atoms with Gasteiger partial charge in [-0.15, -0.1) is 0 Å². The van der Waals surface area contributed by atoms with Crippen LogP contribution >= 0.6 is 11.6 Å². The van der Waals surface area contributed by atoms with Gasteiger partial charge in [0.15, 0.2) is 0 Å². The molecule has 2 atom stereocenters. The molecule has 2 aliphatic heterocycles. The highest BCUT2D eigenvalue weighted by Gasteiger charge is 2.34. The van der Waals surface area contributed by atoms with Gasteiger partial charge in [-0.1, -0.05) is 25.4 Å². The van der Waals surface area contributed by atoms with Crippen LogP contribution in [0.3, 0.4) is 0 Å². The molecule has 0 bridgehead atoms. The number of carbonyl (C=O) groups excluding carboxylic acids is 3. The molecule has 10 nitrogen and oxygen atoms in total. The summed E-state index contributed by atoms with van der Waals surface area (Å²) in [5.41, 5.74) is -0.166. The number of piperazine rings is 1. The Morgan fingerprint density at radius 2 is 1.84 bits per heavy atom. The smallest absolute Gasteiger partial charge is 0.270 e. The average Bonchev–Trinajstić information content (AvgIpc) is 3.31. The van der Waals surface area contributed by atoms with Gasteiger partial charge in [0.2, 0.25) is 5.91 Å². The zero-order chi connectivity index (χ0) is 23.4. The topological polar surface area (TPSA) is 122 Å². The predicted molar refractivity (Wildman–Crippen MR) is 116 cm³/mol. The number of nitro groups is 1. The number of halogens is 1. The summed E-state index contributed by atoms with van der Waals surface area (Å²) in [6, 6.07) is 2.77. The first-order chi connectivity index (χ1) is 15.2. The van der Waals surface area contributed by atoms with Crippen LogP contribution in [0.5, 0.6) is 0 Å². The molecule has 1 aromatic rings. The second-order valence-electron chi connectivity index (χ2n) is 8.27. The van der Waals surface area contributed by atoms with E-state index in [-0.39, 0.29) is 40.1 Å². The van der Waals surface area contributed by atoms with E-state index in [1.807, 2.05) is 13.8 Å². The number of amides is 3. The van der Waals surface area contributed by atoms with Crippen molar-refractivity contribution in [3.8, 4) is 0 Å².